The number of benzene rings is 2. The minimum absolute atomic E-state index is 0. The van der Waals surface area contributed by atoms with Crippen molar-refractivity contribution in [1.29, 1.82) is 0 Å². The molecule has 2 aromatic rings. The summed E-state index contributed by atoms with van der Waals surface area (Å²) < 4.78 is 1.45. The molecule has 2 unspecified atom stereocenters. The fraction of sp³-hybridized carbons (Fsp3) is 0.500. The van der Waals surface area contributed by atoms with Gasteiger partial charge in [0, 0.05) is 0 Å². The molecule has 0 N–H and O–H groups in total. The van der Waals surface area contributed by atoms with Crippen LogP contribution >= 0.6 is 0 Å². The molecule has 0 radical (unpaired) electrons. The monoisotopic (exact) mass is 616 g/mol. The smallest absolute Gasteiger partial charge is 1.00 e. The van der Waals surface area contributed by atoms with Crippen LogP contribution in [0, 0.1) is 13.8 Å². The van der Waals surface area contributed by atoms with Gasteiger partial charge in [-0.3, -0.25) is 0 Å². The molecule has 0 aliphatic heterocycles. The number of hydrogen-bond acceptors (Lipinski definition) is 0. The number of aryl methyl sites for hydroxylation is 2. The van der Waals surface area contributed by atoms with Crippen molar-refractivity contribution in [2.75, 3.05) is 0 Å². The van der Waals surface area contributed by atoms with Crippen molar-refractivity contribution in [3.05, 3.63) is 79.9 Å². The van der Waals surface area contributed by atoms with Crippen LogP contribution < -0.4 is 24.8 Å². The molecular formula is C32H44Cl2SiZr. The van der Waals surface area contributed by atoms with Crippen molar-refractivity contribution in [2.24, 2.45) is 0 Å². The quantitative estimate of drug-likeness (QED) is 0.458. The van der Waals surface area contributed by atoms with E-state index in [4.69, 9.17) is 0 Å². The molecule has 0 spiro atoms. The van der Waals surface area contributed by atoms with Gasteiger partial charge in [0.2, 0.25) is 0 Å². The zero-order valence-electron chi connectivity index (χ0n) is 24.4. The van der Waals surface area contributed by atoms with Crippen LogP contribution in [0.25, 0.3) is 11.1 Å². The third kappa shape index (κ3) is 4.87. The van der Waals surface area contributed by atoms with Crippen LogP contribution in [0.15, 0.2) is 35.4 Å². The first-order valence-electron chi connectivity index (χ1n) is 13.2. The van der Waals surface area contributed by atoms with Crippen LogP contribution in [0.4, 0.5) is 0 Å². The minimum Gasteiger partial charge on any atom is -1.00 e. The largest absolute Gasteiger partial charge is 1.00 e. The van der Waals surface area contributed by atoms with E-state index in [1.807, 2.05) is 0 Å². The second kappa shape index (κ2) is 11.8. The molecule has 2 aliphatic carbocycles. The Labute approximate surface area is 241 Å². The standard InChI is InChI=1S/2C15H19.C2H6Si.2ClH.Zr/c2*1-9(2)13-7-6-10(3)14-8-11(4)12(5)15(13)14;1-3-2;;;/h2*6-9H,1-5H3;1-2H3;2*1H;/q;;;;;+2/p-2. The third-order valence-corrected chi connectivity index (χ3v) is 28.5. The molecule has 0 bridgehead atoms. The Morgan fingerprint density at radius 3 is 1.22 bits per heavy atom. The Hall–Kier alpha value is -0.400. The van der Waals surface area contributed by atoms with E-state index in [2.05, 4.69) is 107 Å². The molecule has 0 fully saturated rings. The average molecular weight is 619 g/mol. The fourth-order valence-electron chi connectivity index (χ4n) is 6.81. The zero-order valence-corrected chi connectivity index (χ0v) is 29.3. The fourth-order valence-corrected chi connectivity index (χ4v) is 28.3. The van der Waals surface area contributed by atoms with Gasteiger partial charge < -0.3 is 24.8 Å². The van der Waals surface area contributed by atoms with E-state index in [0.29, 0.717) is 11.8 Å². The molecule has 0 nitrogen and oxygen atoms in total. The van der Waals surface area contributed by atoms with Crippen LogP contribution in [0.3, 0.4) is 0 Å². The van der Waals surface area contributed by atoms with E-state index in [9.17, 15) is 0 Å². The maximum atomic E-state index is 2.66. The van der Waals surface area contributed by atoms with E-state index in [1.54, 1.807) is 55.7 Å². The summed E-state index contributed by atoms with van der Waals surface area (Å²) in [5.74, 6) is 1.14. The average Bonchev–Trinajstić information content (AvgIpc) is 3.17. The predicted molar refractivity (Wildman–Crippen MR) is 150 cm³/mol. The van der Waals surface area contributed by atoms with Gasteiger partial charge in [0.25, 0.3) is 0 Å². The Morgan fingerprint density at radius 2 is 0.944 bits per heavy atom. The van der Waals surface area contributed by atoms with E-state index in [-0.39, 0.29) is 24.8 Å². The van der Waals surface area contributed by atoms with Crippen LogP contribution in [0.2, 0.25) is 13.1 Å². The van der Waals surface area contributed by atoms with Crippen molar-refractivity contribution < 1.29 is 45.2 Å². The van der Waals surface area contributed by atoms with Gasteiger partial charge in [-0.05, 0) is 0 Å². The topological polar surface area (TPSA) is 0 Å². The van der Waals surface area contributed by atoms with Gasteiger partial charge in [-0.2, -0.15) is 0 Å². The van der Waals surface area contributed by atoms with E-state index >= 15 is 0 Å². The molecular weight excluding hydrogens is 575 g/mol. The van der Waals surface area contributed by atoms with Crippen molar-refractivity contribution in [3.63, 3.8) is 0 Å². The first-order chi connectivity index (χ1) is 15.9. The molecule has 0 saturated carbocycles. The summed E-state index contributed by atoms with van der Waals surface area (Å²) in [7, 11) is 0. The molecule has 2 aromatic carbocycles. The molecule has 2 atom stereocenters. The maximum absolute atomic E-state index is 2.66. The summed E-state index contributed by atoms with van der Waals surface area (Å²) in [6.45, 7) is 29.4. The first-order valence-corrected chi connectivity index (χ1v) is 22.2. The Kier molecular flexibility index (Phi) is 10.4. The molecule has 0 saturated heterocycles. The van der Waals surface area contributed by atoms with Gasteiger partial charge in [0.05, 0.1) is 0 Å². The number of rotatable bonds is 4. The number of hydrogen-bond donors (Lipinski definition) is 0. The maximum Gasteiger partial charge on any atom is -1.00 e. The second-order valence-corrected chi connectivity index (χ2v) is 29.6. The molecule has 2 aliphatic rings. The predicted octanol–water partition coefficient (Wildman–Crippen LogP) is 3.82. The van der Waals surface area contributed by atoms with Crippen LogP contribution in [-0.4, -0.2) is 5.43 Å². The van der Waals surface area contributed by atoms with Gasteiger partial charge >= 0.3 is 218 Å². The molecule has 4 heteroatoms. The summed E-state index contributed by atoms with van der Waals surface area (Å²) in [6.07, 6.45) is 0. The summed E-state index contributed by atoms with van der Waals surface area (Å²) in [6, 6.07) is 9.71. The van der Waals surface area contributed by atoms with Gasteiger partial charge in [-0.15, -0.1) is 0 Å². The number of fused-ring (bicyclic) bond motifs is 2. The Morgan fingerprint density at radius 1 is 0.611 bits per heavy atom. The molecule has 0 aromatic heterocycles. The van der Waals surface area contributed by atoms with E-state index in [1.165, 1.54) is 11.1 Å². The van der Waals surface area contributed by atoms with Crippen molar-refractivity contribution in [3.8, 4) is 0 Å². The SMILES string of the molecule is CC1=C(C)[CH]([Zr+2]([CH]2C(C)=C(C)c3c(C(C)C)ccc(C)c32)=[Si](C)C)c2c(C)ccc(C(C)C)c21.[Cl-].[Cl-]. The molecule has 194 valence electrons. The summed E-state index contributed by atoms with van der Waals surface area (Å²) in [5, 5.41) is 0. The summed E-state index contributed by atoms with van der Waals surface area (Å²) >= 11 is -2.05. The van der Waals surface area contributed by atoms with Gasteiger partial charge in [0.15, 0.2) is 0 Å². The molecule has 0 amide bonds. The second-order valence-electron chi connectivity index (χ2n) is 11.8. The Balaban J connectivity index is 0.00000228. The molecule has 36 heavy (non-hydrogen) atoms. The Bertz CT molecular complexity index is 1200. The van der Waals surface area contributed by atoms with Crippen LogP contribution in [0.5, 0.6) is 0 Å². The van der Waals surface area contributed by atoms with E-state index < -0.39 is 25.8 Å². The number of allylic oxidation sites excluding steroid dienone is 4. The van der Waals surface area contributed by atoms with E-state index in [0.717, 1.165) is 7.25 Å². The zero-order chi connectivity index (χ0) is 25.2. The van der Waals surface area contributed by atoms with Gasteiger partial charge in [-0.25, -0.2) is 0 Å². The van der Waals surface area contributed by atoms with Crippen molar-refractivity contribution in [1.82, 2.24) is 0 Å². The minimum atomic E-state index is -2.05. The normalized spacial score (nSPS) is 18.1. The van der Waals surface area contributed by atoms with Crippen molar-refractivity contribution >= 4 is 16.6 Å². The summed E-state index contributed by atoms with van der Waals surface area (Å²) in [5.41, 5.74) is 19.1. The molecule has 4 rings (SSSR count). The van der Waals surface area contributed by atoms with Crippen molar-refractivity contribution in [2.45, 2.75) is 101 Å². The molecule has 0 heterocycles. The van der Waals surface area contributed by atoms with Crippen LogP contribution in [0.1, 0.15) is 119 Å². The third-order valence-electron chi connectivity index (χ3n) is 8.81. The van der Waals surface area contributed by atoms with Crippen LogP contribution in [-0.2, 0) is 20.4 Å². The first kappa shape index (κ1) is 31.8. The van der Waals surface area contributed by atoms with Gasteiger partial charge in [0.1, 0.15) is 0 Å². The number of halogens is 2. The summed E-state index contributed by atoms with van der Waals surface area (Å²) in [4.78, 5) is 0. The van der Waals surface area contributed by atoms with Gasteiger partial charge in [-0.1, -0.05) is 0 Å².